The summed E-state index contributed by atoms with van der Waals surface area (Å²) in [6.07, 6.45) is -0.501. The monoisotopic (exact) mass is 491 g/mol. The standard InChI is InChI=1S/C23H29N3O7S/c1-16-12-17(2)14-19(13-16)32-20-15-18(26(28)29)6-7-21(20)34(30,31)25-10-8-24(9-11-25)22(27)33-23(3,4)5/h6-7,12-15H,8-11H2,1-5H3. The summed E-state index contributed by atoms with van der Waals surface area (Å²) in [5.41, 5.74) is 0.874. The van der Waals surface area contributed by atoms with Gasteiger partial charge in [0.2, 0.25) is 10.0 Å². The highest BCUT2D eigenvalue weighted by Crippen LogP contribution is 2.35. The zero-order valence-electron chi connectivity index (χ0n) is 19.9. The number of non-ortho nitro benzene ring substituents is 1. The van der Waals surface area contributed by atoms with Crippen molar-refractivity contribution in [2.24, 2.45) is 0 Å². The lowest BCUT2D eigenvalue weighted by molar-refractivity contribution is -0.385. The van der Waals surface area contributed by atoms with Crippen molar-refractivity contribution in [3.8, 4) is 11.5 Å². The number of nitrogens with zero attached hydrogens (tertiary/aromatic N) is 3. The molecule has 0 spiro atoms. The molecule has 0 aromatic heterocycles. The summed E-state index contributed by atoms with van der Waals surface area (Å²) in [5.74, 6) is 0.248. The number of aryl methyl sites for hydroxylation is 2. The van der Waals surface area contributed by atoms with Crippen LogP contribution < -0.4 is 4.74 Å². The van der Waals surface area contributed by atoms with Crippen LogP contribution in [0, 0.1) is 24.0 Å². The summed E-state index contributed by atoms with van der Waals surface area (Å²) in [6, 6.07) is 8.82. The van der Waals surface area contributed by atoms with Crippen molar-refractivity contribution >= 4 is 21.8 Å². The number of hydrogen-bond acceptors (Lipinski definition) is 7. The average molecular weight is 492 g/mol. The first-order valence-corrected chi connectivity index (χ1v) is 12.2. The lowest BCUT2D eigenvalue weighted by atomic mass is 10.1. The van der Waals surface area contributed by atoms with Crippen LogP contribution in [0.1, 0.15) is 31.9 Å². The number of ether oxygens (including phenoxy) is 2. The Morgan fingerprint density at radius 3 is 2.12 bits per heavy atom. The van der Waals surface area contributed by atoms with E-state index < -0.39 is 26.6 Å². The van der Waals surface area contributed by atoms with E-state index in [0.717, 1.165) is 23.3 Å². The van der Waals surface area contributed by atoms with Gasteiger partial charge in [0.15, 0.2) is 5.75 Å². The number of nitro benzene ring substituents is 1. The minimum atomic E-state index is -4.05. The molecule has 1 aliphatic rings. The minimum absolute atomic E-state index is 0.0571. The largest absolute Gasteiger partial charge is 0.456 e. The second-order valence-electron chi connectivity index (χ2n) is 9.19. The van der Waals surface area contributed by atoms with Crippen LogP contribution in [0.5, 0.6) is 11.5 Å². The maximum atomic E-state index is 13.5. The molecule has 1 aliphatic heterocycles. The normalized spacial score (nSPS) is 15.1. The number of piperazine rings is 1. The molecule has 0 saturated carbocycles. The van der Waals surface area contributed by atoms with Gasteiger partial charge in [-0.1, -0.05) is 6.07 Å². The third-order valence-electron chi connectivity index (χ3n) is 5.07. The molecule has 2 aromatic carbocycles. The molecule has 1 heterocycles. The van der Waals surface area contributed by atoms with Crippen molar-refractivity contribution in [3.05, 3.63) is 57.6 Å². The summed E-state index contributed by atoms with van der Waals surface area (Å²) in [7, 11) is -4.05. The fourth-order valence-electron chi connectivity index (χ4n) is 3.60. The number of benzene rings is 2. The molecule has 1 amide bonds. The van der Waals surface area contributed by atoms with Crippen molar-refractivity contribution in [1.29, 1.82) is 0 Å². The lowest BCUT2D eigenvalue weighted by Crippen LogP contribution is -2.51. The third-order valence-corrected chi connectivity index (χ3v) is 7.01. The number of carbonyl (C=O) groups excluding carboxylic acids is 1. The number of nitro groups is 1. The number of rotatable bonds is 5. The molecule has 0 atom stereocenters. The summed E-state index contributed by atoms with van der Waals surface area (Å²) in [5, 5.41) is 11.3. The molecule has 0 radical (unpaired) electrons. The van der Waals surface area contributed by atoms with Gasteiger partial charge in [0, 0.05) is 32.2 Å². The first-order valence-electron chi connectivity index (χ1n) is 10.8. The molecular formula is C23H29N3O7S. The molecule has 184 valence electrons. The molecular weight excluding hydrogens is 462 g/mol. The van der Waals surface area contributed by atoms with Crippen LogP contribution in [0.15, 0.2) is 41.3 Å². The van der Waals surface area contributed by atoms with Crippen LogP contribution in [0.25, 0.3) is 0 Å². The molecule has 0 unspecified atom stereocenters. The van der Waals surface area contributed by atoms with Crippen LogP contribution >= 0.6 is 0 Å². The van der Waals surface area contributed by atoms with Gasteiger partial charge < -0.3 is 14.4 Å². The first kappa shape index (κ1) is 25.4. The molecule has 11 heteroatoms. The Morgan fingerprint density at radius 2 is 1.59 bits per heavy atom. The third kappa shape index (κ3) is 6.03. The Kier molecular flexibility index (Phi) is 7.18. The van der Waals surface area contributed by atoms with Crippen molar-refractivity contribution < 1.29 is 27.6 Å². The van der Waals surface area contributed by atoms with Gasteiger partial charge in [-0.2, -0.15) is 4.31 Å². The minimum Gasteiger partial charge on any atom is -0.456 e. The number of carbonyl (C=O) groups is 1. The van der Waals surface area contributed by atoms with Gasteiger partial charge >= 0.3 is 6.09 Å². The van der Waals surface area contributed by atoms with Gasteiger partial charge in [-0.25, -0.2) is 13.2 Å². The quantitative estimate of drug-likeness (QED) is 0.453. The molecule has 3 rings (SSSR count). The Bertz CT molecular complexity index is 1180. The van der Waals surface area contributed by atoms with E-state index in [9.17, 15) is 23.3 Å². The molecule has 2 aromatic rings. The smallest absolute Gasteiger partial charge is 0.410 e. The molecule has 1 saturated heterocycles. The fraction of sp³-hybridized carbons (Fsp3) is 0.435. The lowest BCUT2D eigenvalue weighted by Gasteiger charge is -2.35. The van der Waals surface area contributed by atoms with Crippen LogP contribution in [0.4, 0.5) is 10.5 Å². The second kappa shape index (κ2) is 9.59. The summed E-state index contributed by atoms with van der Waals surface area (Å²) in [4.78, 5) is 24.3. The summed E-state index contributed by atoms with van der Waals surface area (Å²) < 4.78 is 39.4. The molecule has 0 N–H and O–H groups in total. The maximum absolute atomic E-state index is 13.5. The maximum Gasteiger partial charge on any atom is 0.410 e. The number of hydrogen-bond donors (Lipinski definition) is 0. The number of amides is 1. The van der Waals surface area contributed by atoms with E-state index in [1.165, 1.54) is 15.3 Å². The second-order valence-corrected chi connectivity index (χ2v) is 11.1. The van der Waals surface area contributed by atoms with Gasteiger partial charge in [0.05, 0.1) is 11.0 Å². The van der Waals surface area contributed by atoms with E-state index in [1.807, 2.05) is 19.9 Å². The molecule has 10 nitrogen and oxygen atoms in total. The van der Waals surface area contributed by atoms with E-state index in [2.05, 4.69) is 0 Å². The topological polar surface area (TPSA) is 119 Å². The van der Waals surface area contributed by atoms with E-state index in [0.29, 0.717) is 5.75 Å². The zero-order valence-corrected chi connectivity index (χ0v) is 20.7. The molecule has 1 fully saturated rings. The van der Waals surface area contributed by atoms with Gasteiger partial charge in [0.25, 0.3) is 5.69 Å². The Hall–Kier alpha value is -3.18. The van der Waals surface area contributed by atoms with Gasteiger partial charge in [-0.3, -0.25) is 10.1 Å². The molecule has 0 bridgehead atoms. The van der Waals surface area contributed by atoms with E-state index >= 15 is 0 Å². The van der Waals surface area contributed by atoms with Gasteiger partial charge in [-0.15, -0.1) is 0 Å². The Labute approximate surface area is 199 Å². The predicted octanol–water partition coefficient (Wildman–Crippen LogP) is 4.25. The van der Waals surface area contributed by atoms with Crippen LogP contribution in [-0.4, -0.2) is 60.4 Å². The number of sulfonamides is 1. The van der Waals surface area contributed by atoms with Crippen LogP contribution in [0.3, 0.4) is 0 Å². The van der Waals surface area contributed by atoms with Crippen molar-refractivity contribution in [3.63, 3.8) is 0 Å². The highest BCUT2D eigenvalue weighted by molar-refractivity contribution is 7.89. The van der Waals surface area contributed by atoms with Crippen molar-refractivity contribution in [2.45, 2.75) is 45.1 Å². The zero-order chi connectivity index (χ0) is 25.3. The van der Waals surface area contributed by atoms with Crippen LogP contribution in [0.2, 0.25) is 0 Å². The van der Waals surface area contributed by atoms with Crippen molar-refractivity contribution in [2.75, 3.05) is 26.2 Å². The van der Waals surface area contributed by atoms with Gasteiger partial charge in [-0.05, 0) is 63.9 Å². The predicted molar refractivity (Wildman–Crippen MR) is 126 cm³/mol. The van der Waals surface area contributed by atoms with E-state index in [1.54, 1.807) is 32.9 Å². The highest BCUT2D eigenvalue weighted by atomic mass is 32.2. The molecule has 34 heavy (non-hydrogen) atoms. The first-order chi connectivity index (χ1) is 15.8. The van der Waals surface area contributed by atoms with E-state index in [-0.39, 0.29) is 42.5 Å². The fourth-order valence-corrected chi connectivity index (χ4v) is 5.12. The van der Waals surface area contributed by atoms with E-state index in [4.69, 9.17) is 9.47 Å². The molecule has 0 aliphatic carbocycles. The Balaban J connectivity index is 1.88. The SMILES string of the molecule is Cc1cc(C)cc(Oc2cc([N+](=O)[O-])ccc2S(=O)(=O)N2CCN(C(=O)OC(C)(C)C)CC2)c1. The van der Waals surface area contributed by atoms with Crippen molar-refractivity contribution in [1.82, 2.24) is 9.21 Å². The summed E-state index contributed by atoms with van der Waals surface area (Å²) in [6.45, 7) is 9.46. The summed E-state index contributed by atoms with van der Waals surface area (Å²) >= 11 is 0. The van der Waals surface area contributed by atoms with Gasteiger partial charge in [0.1, 0.15) is 16.2 Å². The Morgan fingerprint density at radius 1 is 1.00 bits per heavy atom. The highest BCUT2D eigenvalue weighted by Gasteiger charge is 2.34. The average Bonchev–Trinajstić information content (AvgIpc) is 2.71. The van der Waals surface area contributed by atoms with Crippen LogP contribution in [-0.2, 0) is 14.8 Å².